The van der Waals surface area contributed by atoms with E-state index >= 15 is 0 Å². The van der Waals surface area contributed by atoms with Crippen molar-refractivity contribution in [1.29, 1.82) is 0 Å². The molecule has 326 valence electrons. The molecule has 55 heavy (non-hydrogen) atoms. The summed E-state index contributed by atoms with van der Waals surface area (Å²) in [6.45, 7) is 11.3. The van der Waals surface area contributed by atoms with Gasteiger partial charge in [0, 0.05) is 19.3 Å². The van der Waals surface area contributed by atoms with Crippen molar-refractivity contribution >= 4 is 17.9 Å². The number of ether oxygens (including phenoxy) is 3. The first-order chi connectivity index (χ1) is 26.8. The predicted molar refractivity (Wildman–Crippen MR) is 233 cm³/mol. The van der Waals surface area contributed by atoms with E-state index in [4.69, 9.17) is 14.2 Å². The van der Waals surface area contributed by atoms with E-state index in [0.29, 0.717) is 19.3 Å². The molecule has 0 bridgehead atoms. The first kappa shape index (κ1) is 53.4. The number of esters is 3. The van der Waals surface area contributed by atoms with E-state index < -0.39 is 6.10 Å². The summed E-state index contributed by atoms with van der Waals surface area (Å²) in [5, 5.41) is 0. The van der Waals surface area contributed by atoms with Gasteiger partial charge in [-0.3, -0.25) is 14.4 Å². The molecule has 0 saturated heterocycles. The summed E-state index contributed by atoms with van der Waals surface area (Å²) in [6, 6.07) is 0. The zero-order valence-electron chi connectivity index (χ0n) is 37.6. The smallest absolute Gasteiger partial charge is 0.306 e. The van der Waals surface area contributed by atoms with Gasteiger partial charge in [0.2, 0.25) is 0 Å². The Labute approximate surface area is 342 Å². The molecular formula is C49H94O6. The maximum absolute atomic E-state index is 12.7. The Morgan fingerprint density at radius 3 is 1.04 bits per heavy atom. The van der Waals surface area contributed by atoms with Crippen LogP contribution in [-0.2, 0) is 28.6 Å². The third-order valence-corrected chi connectivity index (χ3v) is 11.3. The molecule has 6 heteroatoms. The van der Waals surface area contributed by atoms with Crippen LogP contribution in [-0.4, -0.2) is 37.2 Å². The SMILES string of the molecule is CCCCCCCCCCCCCCCCCC(=O)OC[C@H](COC(=O)CCCCCCCCCCCC(C)C)OC(=O)CCCCCCCCC(C)CC. The number of rotatable bonds is 43. The lowest BCUT2D eigenvalue weighted by atomic mass is 10.00. The minimum atomic E-state index is -0.762. The topological polar surface area (TPSA) is 78.9 Å². The first-order valence-electron chi connectivity index (χ1n) is 24.3. The van der Waals surface area contributed by atoms with Crippen LogP contribution in [0.25, 0.3) is 0 Å². The molecule has 6 nitrogen and oxygen atoms in total. The van der Waals surface area contributed by atoms with Crippen molar-refractivity contribution in [3.8, 4) is 0 Å². The zero-order chi connectivity index (χ0) is 40.5. The van der Waals surface area contributed by atoms with E-state index in [0.717, 1.165) is 69.6 Å². The molecule has 0 fully saturated rings. The van der Waals surface area contributed by atoms with Crippen LogP contribution in [0.4, 0.5) is 0 Å². The second kappa shape index (κ2) is 42.0. The van der Waals surface area contributed by atoms with Gasteiger partial charge in [-0.15, -0.1) is 0 Å². The Bertz CT molecular complexity index is 841. The van der Waals surface area contributed by atoms with E-state index in [2.05, 4.69) is 34.6 Å². The Balaban J connectivity index is 4.30. The molecule has 0 aromatic rings. The minimum absolute atomic E-state index is 0.0652. The van der Waals surface area contributed by atoms with Crippen molar-refractivity contribution in [2.45, 2.75) is 272 Å². The van der Waals surface area contributed by atoms with Gasteiger partial charge in [-0.2, -0.15) is 0 Å². The van der Waals surface area contributed by atoms with Gasteiger partial charge in [-0.05, 0) is 31.1 Å². The average molecular weight is 779 g/mol. The molecule has 0 N–H and O–H groups in total. The van der Waals surface area contributed by atoms with Crippen LogP contribution in [0, 0.1) is 11.8 Å². The molecule has 0 aliphatic carbocycles. The maximum atomic E-state index is 12.7. The molecule has 2 atom stereocenters. The molecule has 0 saturated carbocycles. The van der Waals surface area contributed by atoms with Crippen LogP contribution < -0.4 is 0 Å². The second-order valence-corrected chi connectivity index (χ2v) is 17.5. The normalized spacial score (nSPS) is 12.5. The molecule has 0 radical (unpaired) electrons. The van der Waals surface area contributed by atoms with E-state index in [1.165, 1.54) is 154 Å². The molecule has 0 amide bonds. The van der Waals surface area contributed by atoms with Crippen LogP contribution in [0.15, 0.2) is 0 Å². The lowest BCUT2D eigenvalue weighted by Gasteiger charge is -2.18. The molecule has 0 aliphatic rings. The fourth-order valence-corrected chi connectivity index (χ4v) is 7.25. The largest absolute Gasteiger partial charge is 0.462 e. The molecule has 0 heterocycles. The predicted octanol–water partition coefficient (Wildman–Crippen LogP) is 15.4. The molecule has 1 unspecified atom stereocenters. The summed E-state index contributed by atoms with van der Waals surface area (Å²) >= 11 is 0. The van der Waals surface area contributed by atoms with Crippen LogP contribution in [0.5, 0.6) is 0 Å². The van der Waals surface area contributed by atoms with Crippen molar-refractivity contribution in [3.05, 3.63) is 0 Å². The van der Waals surface area contributed by atoms with E-state index in [9.17, 15) is 14.4 Å². The highest BCUT2D eigenvalue weighted by atomic mass is 16.6. The highest BCUT2D eigenvalue weighted by molar-refractivity contribution is 5.71. The fourth-order valence-electron chi connectivity index (χ4n) is 7.25. The zero-order valence-corrected chi connectivity index (χ0v) is 37.6. The average Bonchev–Trinajstić information content (AvgIpc) is 3.17. The quantitative estimate of drug-likeness (QED) is 0.0348. The summed E-state index contributed by atoms with van der Waals surface area (Å²) in [6.07, 6.45) is 40.9. The molecule has 0 spiro atoms. The summed E-state index contributed by atoms with van der Waals surface area (Å²) < 4.78 is 16.7. The monoisotopic (exact) mass is 779 g/mol. The van der Waals surface area contributed by atoms with Gasteiger partial charge in [-0.1, -0.05) is 227 Å². The van der Waals surface area contributed by atoms with E-state index in [1.54, 1.807) is 0 Å². The number of unbranched alkanes of at least 4 members (excludes halogenated alkanes) is 27. The first-order valence-corrected chi connectivity index (χ1v) is 24.3. The van der Waals surface area contributed by atoms with Crippen molar-refractivity contribution in [2.24, 2.45) is 11.8 Å². The third-order valence-electron chi connectivity index (χ3n) is 11.3. The summed E-state index contributed by atoms with van der Waals surface area (Å²) in [4.78, 5) is 37.8. The van der Waals surface area contributed by atoms with E-state index in [-0.39, 0.29) is 31.1 Å². The van der Waals surface area contributed by atoms with Gasteiger partial charge in [0.25, 0.3) is 0 Å². The van der Waals surface area contributed by atoms with Gasteiger partial charge in [-0.25, -0.2) is 0 Å². The Morgan fingerprint density at radius 1 is 0.382 bits per heavy atom. The van der Waals surface area contributed by atoms with E-state index in [1.807, 2.05) is 0 Å². The van der Waals surface area contributed by atoms with Gasteiger partial charge < -0.3 is 14.2 Å². The molecular weight excluding hydrogens is 685 g/mol. The summed E-state index contributed by atoms with van der Waals surface area (Å²) in [5.74, 6) is 0.761. The van der Waals surface area contributed by atoms with Crippen LogP contribution in [0.2, 0.25) is 0 Å². The van der Waals surface area contributed by atoms with Crippen molar-refractivity contribution in [2.75, 3.05) is 13.2 Å². The summed E-state index contributed by atoms with van der Waals surface area (Å²) in [5.41, 5.74) is 0. The van der Waals surface area contributed by atoms with Gasteiger partial charge in [0.05, 0.1) is 0 Å². The van der Waals surface area contributed by atoms with Crippen molar-refractivity contribution in [1.82, 2.24) is 0 Å². The maximum Gasteiger partial charge on any atom is 0.306 e. The standard InChI is InChI=1S/C49H94O6/c1-6-8-9-10-11-12-13-14-15-16-17-20-23-29-34-39-47(50)53-42-46(55-49(52)41-36-31-26-25-28-33-38-45(5)7-2)43-54-48(51)40-35-30-24-21-18-19-22-27-32-37-44(3)4/h44-46H,6-43H2,1-5H3/t45?,46-/m1/s1. The molecule has 0 aliphatic heterocycles. The third kappa shape index (κ3) is 41.9. The lowest BCUT2D eigenvalue weighted by molar-refractivity contribution is -0.167. The fraction of sp³-hybridized carbons (Fsp3) is 0.939. The molecule has 0 aromatic heterocycles. The number of hydrogen-bond donors (Lipinski definition) is 0. The number of carbonyl (C=O) groups is 3. The second-order valence-electron chi connectivity index (χ2n) is 17.5. The number of hydrogen-bond acceptors (Lipinski definition) is 6. The van der Waals surface area contributed by atoms with Gasteiger partial charge >= 0.3 is 17.9 Å². The Hall–Kier alpha value is -1.59. The van der Waals surface area contributed by atoms with Crippen molar-refractivity contribution < 1.29 is 28.6 Å². The van der Waals surface area contributed by atoms with Crippen molar-refractivity contribution in [3.63, 3.8) is 0 Å². The molecule has 0 rings (SSSR count). The lowest BCUT2D eigenvalue weighted by Crippen LogP contribution is -2.30. The number of carbonyl (C=O) groups excluding carboxylic acids is 3. The summed E-state index contributed by atoms with van der Waals surface area (Å²) in [7, 11) is 0. The Morgan fingerprint density at radius 2 is 0.691 bits per heavy atom. The highest BCUT2D eigenvalue weighted by Crippen LogP contribution is 2.17. The van der Waals surface area contributed by atoms with Crippen LogP contribution in [0.3, 0.4) is 0 Å². The van der Waals surface area contributed by atoms with Gasteiger partial charge in [0.15, 0.2) is 6.10 Å². The van der Waals surface area contributed by atoms with Gasteiger partial charge in [0.1, 0.15) is 13.2 Å². The molecule has 0 aromatic carbocycles. The minimum Gasteiger partial charge on any atom is -0.462 e. The highest BCUT2D eigenvalue weighted by Gasteiger charge is 2.19. The van der Waals surface area contributed by atoms with Crippen LogP contribution >= 0.6 is 0 Å². The van der Waals surface area contributed by atoms with Crippen LogP contribution in [0.1, 0.15) is 266 Å². The Kier molecular flexibility index (Phi) is 40.8.